The lowest BCUT2D eigenvalue weighted by Gasteiger charge is -2.26. The van der Waals surface area contributed by atoms with Gasteiger partial charge in [-0.1, -0.05) is 23.2 Å². The Labute approximate surface area is 170 Å². The van der Waals surface area contributed by atoms with E-state index < -0.39 is 18.4 Å². The van der Waals surface area contributed by atoms with Gasteiger partial charge in [0.25, 0.3) is 11.8 Å². The Morgan fingerprint density at radius 1 is 1.21 bits per heavy atom. The van der Waals surface area contributed by atoms with Crippen LogP contribution in [0.3, 0.4) is 0 Å². The van der Waals surface area contributed by atoms with Crippen molar-refractivity contribution in [1.29, 1.82) is 5.26 Å². The van der Waals surface area contributed by atoms with Gasteiger partial charge in [0.2, 0.25) is 0 Å². The Morgan fingerprint density at radius 3 is 2.64 bits per heavy atom. The van der Waals surface area contributed by atoms with E-state index in [1.807, 2.05) is 6.07 Å². The van der Waals surface area contributed by atoms with Gasteiger partial charge in [-0.3, -0.25) is 14.5 Å². The molecule has 6 nitrogen and oxygen atoms in total. The molecule has 1 aliphatic rings. The minimum atomic E-state index is -0.720. The Bertz CT molecular complexity index is 1080. The van der Waals surface area contributed by atoms with Crippen molar-refractivity contribution >= 4 is 41.1 Å². The molecule has 1 N–H and O–H groups in total. The van der Waals surface area contributed by atoms with Crippen LogP contribution in [0.2, 0.25) is 10.0 Å². The first-order valence-corrected chi connectivity index (χ1v) is 8.98. The summed E-state index contributed by atoms with van der Waals surface area (Å²) >= 11 is 12.2. The quantitative estimate of drug-likeness (QED) is 0.603. The molecular weight excluding hydrogens is 403 g/mol. The van der Waals surface area contributed by atoms with Gasteiger partial charge in [-0.05, 0) is 48.9 Å². The molecule has 0 bridgehead atoms. The van der Waals surface area contributed by atoms with Crippen LogP contribution in [0.25, 0.3) is 17.4 Å². The van der Waals surface area contributed by atoms with Gasteiger partial charge in [-0.2, -0.15) is 5.26 Å². The molecule has 1 aromatic heterocycles. The highest BCUT2D eigenvalue weighted by Gasteiger charge is 2.35. The highest BCUT2D eigenvalue weighted by molar-refractivity contribution is 6.35. The number of furan rings is 1. The molecule has 0 radical (unpaired) electrons. The van der Waals surface area contributed by atoms with E-state index in [-0.39, 0.29) is 23.3 Å². The second-order valence-electron chi connectivity index (χ2n) is 5.98. The van der Waals surface area contributed by atoms with Crippen molar-refractivity contribution in [2.75, 3.05) is 13.2 Å². The molecule has 0 aliphatic carbocycles. The van der Waals surface area contributed by atoms with Crippen LogP contribution >= 0.6 is 23.2 Å². The number of aliphatic hydroxyl groups excluding tert-OH is 1. The van der Waals surface area contributed by atoms with Gasteiger partial charge in [0.15, 0.2) is 0 Å². The van der Waals surface area contributed by atoms with E-state index in [0.29, 0.717) is 27.1 Å². The number of carbonyl (C=O) groups is 2. The van der Waals surface area contributed by atoms with E-state index in [1.165, 1.54) is 13.0 Å². The van der Waals surface area contributed by atoms with Crippen molar-refractivity contribution in [2.24, 2.45) is 0 Å². The summed E-state index contributed by atoms with van der Waals surface area (Å²) in [6, 6.07) is 10.1. The molecule has 2 aromatic rings. The molecule has 0 fully saturated rings. The van der Waals surface area contributed by atoms with Crippen molar-refractivity contribution in [3.05, 3.63) is 62.9 Å². The van der Waals surface area contributed by atoms with Gasteiger partial charge < -0.3 is 9.52 Å². The van der Waals surface area contributed by atoms with E-state index >= 15 is 0 Å². The molecule has 142 valence electrons. The lowest BCUT2D eigenvalue weighted by Crippen LogP contribution is -2.44. The summed E-state index contributed by atoms with van der Waals surface area (Å²) in [6.07, 6.45) is 1.45. The third kappa shape index (κ3) is 3.60. The smallest absolute Gasteiger partial charge is 0.271 e. The number of carbonyl (C=O) groups excluding carboxylic acids is 2. The van der Waals surface area contributed by atoms with Crippen molar-refractivity contribution in [1.82, 2.24) is 4.90 Å². The monoisotopic (exact) mass is 416 g/mol. The normalized spacial score (nSPS) is 16.1. The Kier molecular flexibility index (Phi) is 5.71. The number of hydrogen-bond donors (Lipinski definition) is 1. The third-order valence-electron chi connectivity index (χ3n) is 4.26. The first kappa shape index (κ1) is 19.9. The molecule has 0 unspecified atom stereocenters. The van der Waals surface area contributed by atoms with Crippen LogP contribution in [0.4, 0.5) is 0 Å². The maximum absolute atomic E-state index is 12.7. The van der Waals surface area contributed by atoms with Crippen molar-refractivity contribution in [3.8, 4) is 17.4 Å². The van der Waals surface area contributed by atoms with E-state index in [9.17, 15) is 14.9 Å². The lowest BCUT2D eigenvalue weighted by atomic mass is 9.95. The minimum Gasteiger partial charge on any atom is -0.457 e. The van der Waals surface area contributed by atoms with Crippen LogP contribution in [0, 0.1) is 11.3 Å². The SMILES string of the molecule is CC1=C(C#N)C(=O)N(CCO)C(=O)/C1=C\c1ccc(-c2cc(Cl)ccc2Cl)o1. The van der Waals surface area contributed by atoms with Crippen molar-refractivity contribution < 1.29 is 19.1 Å². The van der Waals surface area contributed by atoms with E-state index in [4.69, 9.17) is 32.7 Å². The van der Waals surface area contributed by atoms with Gasteiger partial charge >= 0.3 is 0 Å². The zero-order valence-corrected chi connectivity index (χ0v) is 16.2. The number of halogens is 2. The molecule has 8 heteroatoms. The number of hydrogen-bond acceptors (Lipinski definition) is 5. The largest absolute Gasteiger partial charge is 0.457 e. The predicted molar refractivity (Wildman–Crippen MR) is 104 cm³/mol. The maximum atomic E-state index is 12.7. The summed E-state index contributed by atoms with van der Waals surface area (Å²) in [5.41, 5.74) is 0.841. The molecule has 2 amide bonds. The molecular formula is C20H14Cl2N2O4. The maximum Gasteiger partial charge on any atom is 0.271 e. The predicted octanol–water partition coefficient (Wildman–Crippen LogP) is 3.84. The molecule has 0 atom stereocenters. The van der Waals surface area contributed by atoms with Crippen LogP contribution in [0.15, 0.2) is 51.5 Å². The molecule has 0 saturated heterocycles. The standard InChI is InChI=1S/C20H14Cl2N2O4/c1-11-14(19(26)24(6-7-25)20(27)16(11)10-23)9-13-3-5-18(28-13)15-8-12(21)2-4-17(15)22/h2-5,8-9,25H,6-7H2,1H3/b14-9-. The summed E-state index contributed by atoms with van der Waals surface area (Å²) < 4.78 is 5.77. The van der Waals surface area contributed by atoms with Crippen LogP contribution < -0.4 is 0 Å². The highest BCUT2D eigenvalue weighted by atomic mass is 35.5. The first-order valence-electron chi connectivity index (χ1n) is 8.22. The van der Waals surface area contributed by atoms with Gasteiger partial charge in [-0.25, -0.2) is 0 Å². The zero-order valence-electron chi connectivity index (χ0n) is 14.7. The number of nitrogens with zero attached hydrogens (tertiary/aromatic N) is 2. The first-order chi connectivity index (χ1) is 13.4. The Balaban J connectivity index is 2.05. The number of nitriles is 1. The molecule has 28 heavy (non-hydrogen) atoms. The number of amides is 2. The molecule has 2 heterocycles. The van der Waals surface area contributed by atoms with Gasteiger partial charge in [-0.15, -0.1) is 0 Å². The van der Waals surface area contributed by atoms with E-state index in [1.54, 1.807) is 30.3 Å². The van der Waals surface area contributed by atoms with Gasteiger partial charge in [0.05, 0.1) is 18.2 Å². The summed E-state index contributed by atoms with van der Waals surface area (Å²) in [5, 5.41) is 19.4. The van der Waals surface area contributed by atoms with Crippen LogP contribution in [-0.4, -0.2) is 35.0 Å². The van der Waals surface area contributed by atoms with Crippen LogP contribution in [0.5, 0.6) is 0 Å². The second kappa shape index (κ2) is 8.03. The number of benzene rings is 1. The van der Waals surface area contributed by atoms with Crippen LogP contribution in [-0.2, 0) is 9.59 Å². The van der Waals surface area contributed by atoms with Crippen LogP contribution in [0.1, 0.15) is 12.7 Å². The average molecular weight is 417 g/mol. The van der Waals surface area contributed by atoms with Crippen molar-refractivity contribution in [2.45, 2.75) is 6.92 Å². The fourth-order valence-electron chi connectivity index (χ4n) is 2.84. The third-order valence-corrected chi connectivity index (χ3v) is 4.82. The van der Waals surface area contributed by atoms with Crippen molar-refractivity contribution in [3.63, 3.8) is 0 Å². The zero-order chi connectivity index (χ0) is 20.4. The number of aliphatic hydroxyl groups is 1. The highest BCUT2D eigenvalue weighted by Crippen LogP contribution is 2.33. The average Bonchev–Trinajstić information content (AvgIpc) is 3.13. The summed E-state index contributed by atoms with van der Waals surface area (Å²) in [5.74, 6) is -0.534. The summed E-state index contributed by atoms with van der Waals surface area (Å²) in [4.78, 5) is 25.8. The summed E-state index contributed by atoms with van der Waals surface area (Å²) in [7, 11) is 0. The second-order valence-corrected chi connectivity index (χ2v) is 6.83. The molecule has 0 spiro atoms. The fourth-order valence-corrected chi connectivity index (χ4v) is 3.22. The number of β-amino-alcohol motifs (C(OH)–C–C–N with tert-alkyl or cyclic N) is 1. The van der Waals surface area contributed by atoms with E-state index in [2.05, 4.69) is 0 Å². The number of rotatable bonds is 4. The number of imide groups is 1. The molecule has 1 aromatic carbocycles. The fraction of sp³-hybridized carbons (Fsp3) is 0.150. The minimum absolute atomic E-state index is 0.141. The Hall–Kier alpha value is -2.85. The molecule has 3 rings (SSSR count). The Morgan fingerprint density at radius 2 is 1.96 bits per heavy atom. The summed E-state index contributed by atoms with van der Waals surface area (Å²) in [6.45, 7) is 0.920. The molecule has 1 aliphatic heterocycles. The lowest BCUT2D eigenvalue weighted by molar-refractivity contribution is -0.140. The van der Waals surface area contributed by atoms with Gasteiger partial charge in [0, 0.05) is 16.2 Å². The van der Waals surface area contributed by atoms with Gasteiger partial charge in [0.1, 0.15) is 23.2 Å². The topological polar surface area (TPSA) is 94.5 Å². The van der Waals surface area contributed by atoms with E-state index in [0.717, 1.165) is 4.90 Å². The molecule has 0 saturated carbocycles.